The van der Waals surface area contributed by atoms with Crippen molar-refractivity contribution in [2.75, 3.05) is 6.54 Å². The number of nitrogens with two attached hydrogens (primary N) is 1. The Bertz CT molecular complexity index is 471. The lowest BCUT2D eigenvalue weighted by atomic mass is 10.0. The van der Waals surface area contributed by atoms with Crippen molar-refractivity contribution >= 4 is 23.8 Å². The first-order valence-electron chi connectivity index (χ1n) is 6.11. The zero-order valence-corrected chi connectivity index (χ0v) is 10.7. The zero-order chi connectivity index (χ0) is 15.3. The van der Waals surface area contributed by atoms with Crippen LogP contribution >= 0.6 is 0 Å². The highest BCUT2D eigenvalue weighted by Gasteiger charge is 2.37. The Labute approximate surface area is 114 Å². The predicted octanol–water partition coefficient (Wildman–Crippen LogP) is -0.661. The van der Waals surface area contributed by atoms with E-state index < -0.39 is 36.2 Å². The maximum Gasteiger partial charge on any atom is 0.332 e. The van der Waals surface area contributed by atoms with Gasteiger partial charge in [0.25, 0.3) is 5.91 Å². The highest BCUT2D eigenvalue weighted by atomic mass is 16.4. The Morgan fingerprint density at radius 3 is 2.40 bits per heavy atom. The van der Waals surface area contributed by atoms with E-state index >= 15 is 0 Å². The van der Waals surface area contributed by atoms with Gasteiger partial charge in [-0.15, -0.1) is 0 Å². The molecular formula is C12H16N2O6. The number of nitrogens with zero attached hydrogens (tertiary/aromatic N) is 1. The molecule has 0 aromatic carbocycles. The average Bonchev–Trinajstić information content (AvgIpc) is 2.35. The van der Waals surface area contributed by atoms with Crippen LogP contribution in [-0.2, 0) is 19.2 Å². The number of imide groups is 1. The van der Waals surface area contributed by atoms with E-state index in [9.17, 15) is 19.2 Å². The van der Waals surface area contributed by atoms with E-state index in [0.29, 0.717) is 24.3 Å². The van der Waals surface area contributed by atoms with E-state index in [-0.39, 0.29) is 12.0 Å². The Balaban J connectivity index is 2.91. The van der Waals surface area contributed by atoms with Crippen LogP contribution in [0.4, 0.5) is 0 Å². The molecule has 8 heteroatoms. The molecule has 0 aromatic rings. The number of carbonyl (C=O) groups excluding carboxylic acids is 2. The predicted molar refractivity (Wildman–Crippen MR) is 66.5 cm³/mol. The van der Waals surface area contributed by atoms with Crippen LogP contribution in [0, 0.1) is 0 Å². The van der Waals surface area contributed by atoms with Gasteiger partial charge in [0.2, 0.25) is 5.91 Å². The third kappa shape index (κ3) is 3.64. The number of hydrogen-bond acceptors (Lipinski definition) is 5. The van der Waals surface area contributed by atoms with Gasteiger partial charge in [-0.25, -0.2) is 9.59 Å². The quantitative estimate of drug-likeness (QED) is 0.416. The summed E-state index contributed by atoms with van der Waals surface area (Å²) >= 11 is 0. The number of hydrogen-bond donors (Lipinski definition) is 3. The number of carboxylic acid groups (broad SMARTS) is 2. The summed E-state index contributed by atoms with van der Waals surface area (Å²) in [5.74, 6) is -4.37. The molecule has 1 unspecified atom stereocenters. The topological polar surface area (TPSA) is 138 Å². The summed E-state index contributed by atoms with van der Waals surface area (Å²) in [6.45, 7) is 0.386. The lowest BCUT2D eigenvalue weighted by Crippen LogP contribution is -2.50. The molecule has 20 heavy (non-hydrogen) atoms. The summed E-state index contributed by atoms with van der Waals surface area (Å²) in [6, 6.07) is -1.28. The summed E-state index contributed by atoms with van der Waals surface area (Å²) in [7, 11) is 0. The third-order valence-electron chi connectivity index (χ3n) is 2.95. The van der Waals surface area contributed by atoms with Crippen molar-refractivity contribution < 1.29 is 29.4 Å². The molecule has 1 rings (SSSR count). The highest BCUT2D eigenvalue weighted by molar-refractivity contribution is 6.12. The monoisotopic (exact) mass is 284 g/mol. The number of carbonyl (C=O) groups is 4. The minimum Gasteiger partial charge on any atom is -0.480 e. The van der Waals surface area contributed by atoms with Crippen molar-refractivity contribution in [3.8, 4) is 0 Å². The molecule has 0 fully saturated rings. The average molecular weight is 284 g/mol. The van der Waals surface area contributed by atoms with Crippen molar-refractivity contribution in [2.45, 2.75) is 31.7 Å². The van der Waals surface area contributed by atoms with E-state index in [1.54, 1.807) is 0 Å². The van der Waals surface area contributed by atoms with Crippen molar-refractivity contribution in [3.05, 3.63) is 11.6 Å². The molecule has 0 spiro atoms. The third-order valence-corrected chi connectivity index (χ3v) is 2.95. The number of rotatable bonds is 7. The highest BCUT2D eigenvalue weighted by Crippen LogP contribution is 2.19. The van der Waals surface area contributed by atoms with Gasteiger partial charge in [0, 0.05) is 6.08 Å². The van der Waals surface area contributed by atoms with Crippen molar-refractivity contribution in [3.63, 3.8) is 0 Å². The maximum atomic E-state index is 11.8. The maximum absolute atomic E-state index is 11.8. The van der Waals surface area contributed by atoms with Gasteiger partial charge in [-0.1, -0.05) is 0 Å². The van der Waals surface area contributed by atoms with Crippen molar-refractivity contribution in [2.24, 2.45) is 5.73 Å². The molecule has 1 atom stereocenters. The minimum absolute atomic E-state index is 0.0975. The van der Waals surface area contributed by atoms with Crippen LogP contribution in [0.3, 0.4) is 0 Å². The van der Waals surface area contributed by atoms with Gasteiger partial charge >= 0.3 is 11.9 Å². The van der Waals surface area contributed by atoms with Crippen LogP contribution in [0.5, 0.6) is 0 Å². The second kappa shape index (κ2) is 6.80. The van der Waals surface area contributed by atoms with Gasteiger partial charge in [-0.2, -0.15) is 0 Å². The van der Waals surface area contributed by atoms with Crippen LogP contribution < -0.4 is 5.73 Å². The smallest absolute Gasteiger partial charge is 0.332 e. The van der Waals surface area contributed by atoms with E-state index in [1.807, 2.05) is 0 Å². The normalized spacial score (nSPS) is 16.9. The van der Waals surface area contributed by atoms with Crippen LogP contribution in [0.25, 0.3) is 0 Å². The molecule has 1 heterocycles. The molecule has 0 bridgehead atoms. The minimum atomic E-state index is -1.36. The van der Waals surface area contributed by atoms with Crippen LogP contribution in [-0.4, -0.2) is 51.5 Å². The molecule has 2 amide bonds. The molecule has 110 valence electrons. The molecule has 0 saturated heterocycles. The van der Waals surface area contributed by atoms with Gasteiger partial charge in [-0.05, 0) is 25.8 Å². The number of amides is 2. The lowest BCUT2D eigenvalue weighted by Gasteiger charge is -2.29. The first kappa shape index (κ1) is 15.8. The van der Waals surface area contributed by atoms with Crippen molar-refractivity contribution in [1.29, 1.82) is 0 Å². The summed E-state index contributed by atoms with van der Waals surface area (Å²) < 4.78 is 0. The fourth-order valence-electron chi connectivity index (χ4n) is 1.95. The number of aliphatic carboxylic acids is 2. The van der Waals surface area contributed by atoms with Crippen LogP contribution in [0.2, 0.25) is 0 Å². The Morgan fingerprint density at radius 2 is 1.95 bits per heavy atom. The van der Waals surface area contributed by atoms with Crippen LogP contribution in [0.1, 0.15) is 25.7 Å². The van der Waals surface area contributed by atoms with E-state index in [0.717, 1.165) is 6.08 Å². The zero-order valence-electron chi connectivity index (χ0n) is 10.7. The van der Waals surface area contributed by atoms with Gasteiger partial charge in [0.05, 0.1) is 12.0 Å². The Kier molecular flexibility index (Phi) is 5.39. The number of unbranched alkanes of at least 4 members (excludes halogenated alkanes) is 1. The summed E-state index contributed by atoms with van der Waals surface area (Å²) in [4.78, 5) is 46.1. The standard InChI is InChI=1S/C12H16N2O6/c13-4-2-1-3-8(12(19)20)14-9(15)5-7(11(17)18)6-10(14)16/h5,8H,1-4,6,13H2,(H,17,18)(H,19,20). The molecule has 0 aliphatic carbocycles. The fraction of sp³-hybridized carbons (Fsp3) is 0.500. The summed E-state index contributed by atoms with van der Waals surface area (Å²) in [6.07, 6.45) is 1.45. The van der Waals surface area contributed by atoms with Gasteiger partial charge in [-0.3, -0.25) is 14.5 Å². The molecule has 1 aliphatic rings. The second-order valence-corrected chi connectivity index (χ2v) is 4.39. The number of carboxylic acids is 2. The van der Waals surface area contributed by atoms with Gasteiger partial charge in [0.15, 0.2) is 0 Å². The van der Waals surface area contributed by atoms with E-state index in [4.69, 9.17) is 15.9 Å². The van der Waals surface area contributed by atoms with E-state index in [1.165, 1.54) is 0 Å². The molecule has 1 aliphatic heterocycles. The van der Waals surface area contributed by atoms with Crippen LogP contribution in [0.15, 0.2) is 11.6 Å². The molecular weight excluding hydrogens is 268 g/mol. The van der Waals surface area contributed by atoms with Gasteiger partial charge in [0.1, 0.15) is 6.04 Å². The molecule has 8 nitrogen and oxygen atoms in total. The summed E-state index contributed by atoms with van der Waals surface area (Å²) in [5, 5.41) is 17.9. The molecule has 0 saturated carbocycles. The summed E-state index contributed by atoms with van der Waals surface area (Å²) in [5.41, 5.74) is 4.97. The lowest BCUT2D eigenvalue weighted by molar-refractivity contribution is -0.157. The second-order valence-electron chi connectivity index (χ2n) is 4.39. The SMILES string of the molecule is NCCCCC(C(=O)O)N1C(=O)C=C(C(=O)O)CC1=O. The Morgan fingerprint density at radius 1 is 1.30 bits per heavy atom. The molecule has 4 N–H and O–H groups in total. The molecule has 0 aromatic heterocycles. The van der Waals surface area contributed by atoms with Crippen molar-refractivity contribution in [1.82, 2.24) is 4.90 Å². The van der Waals surface area contributed by atoms with E-state index in [2.05, 4.69) is 0 Å². The van der Waals surface area contributed by atoms with Gasteiger partial charge < -0.3 is 15.9 Å². The largest absolute Gasteiger partial charge is 0.480 e. The fourth-order valence-corrected chi connectivity index (χ4v) is 1.95. The first-order valence-corrected chi connectivity index (χ1v) is 6.11. The Hall–Kier alpha value is -2.22. The molecule has 0 radical (unpaired) electrons. The first-order chi connectivity index (χ1) is 9.38.